The van der Waals surface area contributed by atoms with Crippen molar-refractivity contribution in [3.05, 3.63) is 69.8 Å². The van der Waals surface area contributed by atoms with Crippen LogP contribution >= 0.6 is 11.6 Å². The van der Waals surface area contributed by atoms with Crippen LogP contribution in [0.5, 0.6) is 0 Å². The van der Waals surface area contributed by atoms with Gasteiger partial charge in [0.1, 0.15) is 5.15 Å². The van der Waals surface area contributed by atoms with Gasteiger partial charge in [-0.05, 0) is 30.2 Å². The molecule has 2 aliphatic heterocycles. The topological polar surface area (TPSA) is 70.5 Å². The molecule has 0 saturated heterocycles. The van der Waals surface area contributed by atoms with Crippen LogP contribution in [0.25, 0.3) is 17.2 Å². The molecule has 4 heterocycles. The fourth-order valence-electron chi connectivity index (χ4n) is 3.09. The van der Waals surface area contributed by atoms with Crippen LogP contribution in [0, 0.1) is 0 Å². The number of hydrogen-bond acceptors (Lipinski definition) is 4. The van der Waals surface area contributed by atoms with Gasteiger partial charge in [-0.1, -0.05) is 24.6 Å². The third-order valence-corrected chi connectivity index (χ3v) is 4.48. The zero-order valence-electron chi connectivity index (χ0n) is 14.4. The maximum absolute atomic E-state index is 12.6. The Morgan fingerprint density at radius 3 is 2.81 bits per heavy atom. The molecular formula is C18H17ClN6O. The molecule has 2 aromatic heterocycles. The Kier molecular flexibility index (Phi) is 4.08. The zero-order valence-corrected chi connectivity index (χ0v) is 15.2. The van der Waals surface area contributed by atoms with E-state index in [0.717, 1.165) is 29.1 Å². The first-order valence-electron chi connectivity index (χ1n) is 8.28. The average molecular weight is 369 g/mol. The van der Waals surface area contributed by atoms with Crippen LogP contribution in [0.15, 0.2) is 47.7 Å². The largest absolute Gasteiger partial charge is 0.354 e. The van der Waals surface area contributed by atoms with Crippen LogP contribution in [0.3, 0.4) is 0 Å². The van der Waals surface area contributed by atoms with Gasteiger partial charge in [0.15, 0.2) is 5.82 Å². The highest BCUT2D eigenvalue weighted by atomic mass is 35.5. The highest BCUT2D eigenvalue weighted by molar-refractivity contribution is 6.29. The van der Waals surface area contributed by atoms with Crippen LogP contribution in [-0.4, -0.2) is 28.9 Å². The normalized spacial score (nSPS) is 11.3. The Balaban J connectivity index is 1.80. The summed E-state index contributed by atoms with van der Waals surface area (Å²) in [4.78, 5) is 21.0. The van der Waals surface area contributed by atoms with Gasteiger partial charge in [-0.2, -0.15) is 10.1 Å². The highest BCUT2D eigenvalue weighted by Gasteiger charge is 2.21. The molecule has 0 spiro atoms. The minimum absolute atomic E-state index is 0.308. The van der Waals surface area contributed by atoms with Gasteiger partial charge < -0.3 is 4.57 Å². The number of imidazole rings is 1. The molecule has 8 heteroatoms. The molecule has 0 bridgehead atoms. The van der Waals surface area contributed by atoms with Crippen LogP contribution in [-0.2, 0) is 20.0 Å². The van der Waals surface area contributed by atoms with E-state index in [1.165, 1.54) is 0 Å². The van der Waals surface area contributed by atoms with Crippen molar-refractivity contribution in [3.63, 3.8) is 0 Å². The summed E-state index contributed by atoms with van der Waals surface area (Å²) in [6, 6.07) is 7.46. The summed E-state index contributed by atoms with van der Waals surface area (Å²) >= 11 is 5.85. The summed E-state index contributed by atoms with van der Waals surface area (Å²) < 4.78 is 5.27. The number of hydrogen-bond donors (Lipinski definition) is 0. The summed E-state index contributed by atoms with van der Waals surface area (Å²) in [5, 5.41) is 4.88. The van der Waals surface area contributed by atoms with E-state index < -0.39 is 0 Å². The minimum atomic E-state index is -0.308. The predicted octanol–water partition coefficient (Wildman–Crippen LogP) is 2.53. The van der Waals surface area contributed by atoms with Gasteiger partial charge in [-0.15, -0.1) is 0 Å². The second kappa shape index (κ2) is 6.42. The van der Waals surface area contributed by atoms with Gasteiger partial charge in [-0.25, -0.2) is 9.78 Å². The molecule has 0 N–H and O–H groups in total. The van der Waals surface area contributed by atoms with Gasteiger partial charge in [0.2, 0.25) is 0 Å². The van der Waals surface area contributed by atoms with Crippen LogP contribution in [0.1, 0.15) is 18.2 Å². The van der Waals surface area contributed by atoms with Crippen molar-refractivity contribution in [2.45, 2.75) is 19.9 Å². The molecule has 0 aliphatic carbocycles. The number of pyridine rings is 2. The van der Waals surface area contributed by atoms with E-state index in [4.69, 9.17) is 11.6 Å². The maximum Gasteiger partial charge on any atom is 0.354 e. The number of fused-ring (bicyclic) bond motifs is 1. The van der Waals surface area contributed by atoms with E-state index in [0.29, 0.717) is 17.5 Å². The fourth-order valence-corrected chi connectivity index (χ4v) is 3.20. The Morgan fingerprint density at radius 1 is 1.23 bits per heavy atom. The van der Waals surface area contributed by atoms with Crippen LogP contribution in [0.4, 0.5) is 0 Å². The molecule has 4 rings (SSSR count). The predicted molar refractivity (Wildman–Crippen MR) is 98.9 cm³/mol. The lowest BCUT2D eigenvalue weighted by atomic mass is 10.2. The molecule has 2 aromatic rings. The molecule has 132 valence electrons. The SMILES string of the molecule is CCc1nn(C)cc1-n1c2cccn(Cc3ccc(Cl)nc3)c-2nc1=O. The number of nitrogens with zero attached hydrogens (tertiary/aromatic N) is 6. The van der Waals surface area contributed by atoms with Crippen molar-refractivity contribution in [1.29, 1.82) is 0 Å². The molecule has 0 atom stereocenters. The molecule has 26 heavy (non-hydrogen) atoms. The maximum atomic E-state index is 12.6. The van der Waals surface area contributed by atoms with Crippen molar-refractivity contribution in [3.8, 4) is 17.2 Å². The third kappa shape index (κ3) is 2.80. The smallest absolute Gasteiger partial charge is 0.327 e. The summed E-state index contributed by atoms with van der Waals surface area (Å²) in [5.74, 6) is 0.623. The first-order chi connectivity index (χ1) is 12.6. The summed E-state index contributed by atoms with van der Waals surface area (Å²) in [7, 11) is 1.85. The minimum Gasteiger partial charge on any atom is -0.327 e. The number of rotatable bonds is 4. The van der Waals surface area contributed by atoms with Crippen molar-refractivity contribution in [2.75, 3.05) is 0 Å². The number of aromatic nitrogens is 6. The first kappa shape index (κ1) is 16.5. The third-order valence-electron chi connectivity index (χ3n) is 4.26. The average Bonchev–Trinajstić information content (AvgIpc) is 3.16. The molecule has 7 nitrogen and oxygen atoms in total. The molecule has 0 saturated carbocycles. The van der Waals surface area contributed by atoms with Crippen LogP contribution < -0.4 is 5.69 Å². The lowest BCUT2D eigenvalue weighted by Gasteiger charge is -2.12. The number of halogens is 1. The number of aryl methyl sites for hydroxylation is 2. The van der Waals surface area contributed by atoms with E-state index in [-0.39, 0.29) is 5.69 Å². The van der Waals surface area contributed by atoms with E-state index in [1.807, 2.05) is 49.1 Å². The molecule has 0 amide bonds. The first-order valence-corrected chi connectivity index (χ1v) is 8.66. The van der Waals surface area contributed by atoms with E-state index in [1.54, 1.807) is 21.5 Å². The van der Waals surface area contributed by atoms with Gasteiger partial charge in [0, 0.05) is 25.6 Å². The lowest BCUT2D eigenvalue weighted by molar-refractivity contribution is 0.746. The summed E-state index contributed by atoms with van der Waals surface area (Å²) in [6.45, 7) is 2.56. The van der Waals surface area contributed by atoms with E-state index in [2.05, 4.69) is 15.1 Å². The van der Waals surface area contributed by atoms with Crippen molar-refractivity contribution in [2.24, 2.45) is 7.05 Å². The monoisotopic (exact) mass is 368 g/mol. The molecule has 0 aromatic carbocycles. The van der Waals surface area contributed by atoms with Gasteiger partial charge >= 0.3 is 5.69 Å². The van der Waals surface area contributed by atoms with Gasteiger partial charge in [0.05, 0.1) is 23.6 Å². The Bertz CT molecular complexity index is 1090. The summed E-state index contributed by atoms with van der Waals surface area (Å²) in [5.41, 5.74) is 3.05. The highest BCUT2D eigenvalue weighted by Crippen LogP contribution is 2.24. The van der Waals surface area contributed by atoms with Gasteiger partial charge in [-0.3, -0.25) is 9.25 Å². The molecule has 0 radical (unpaired) electrons. The molecule has 0 fully saturated rings. The second-order valence-electron chi connectivity index (χ2n) is 6.05. The molecule has 2 aliphatic rings. The zero-order chi connectivity index (χ0) is 18.3. The van der Waals surface area contributed by atoms with Crippen molar-refractivity contribution >= 4 is 11.6 Å². The van der Waals surface area contributed by atoms with Crippen molar-refractivity contribution in [1.82, 2.24) is 28.9 Å². The standard InChI is InChI=1S/C18H17ClN6O/c1-3-13-15(11-23(2)22-13)25-14-5-4-8-24(17(14)21-18(25)26)10-12-6-7-16(19)20-9-12/h4-9,11H,3,10H2,1-2H3. The van der Waals surface area contributed by atoms with E-state index >= 15 is 0 Å². The Labute approximate surface area is 154 Å². The molecular weight excluding hydrogens is 352 g/mol. The Hall–Kier alpha value is -2.93. The Morgan fingerprint density at radius 2 is 2.08 bits per heavy atom. The molecule has 0 unspecified atom stereocenters. The fraction of sp³-hybridized carbons (Fsp3) is 0.222. The quantitative estimate of drug-likeness (QED) is 0.519. The van der Waals surface area contributed by atoms with E-state index in [9.17, 15) is 4.79 Å². The van der Waals surface area contributed by atoms with Gasteiger partial charge in [0.25, 0.3) is 0 Å². The lowest BCUT2D eigenvalue weighted by Crippen LogP contribution is -2.15. The van der Waals surface area contributed by atoms with Crippen molar-refractivity contribution < 1.29 is 0 Å². The second-order valence-corrected chi connectivity index (χ2v) is 6.44. The summed E-state index contributed by atoms with van der Waals surface area (Å²) in [6.07, 6.45) is 6.21. The van der Waals surface area contributed by atoms with Crippen LogP contribution in [0.2, 0.25) is 5.15 Å².